The largest absolute Gasteiger partial charge is 0.341 e. The Morgan fingerprint density at radius 1 is 1.17 bits per heavy atom. The summed E-state index contributed by atoms with van der Waals surface area (Å²) < 4.78 is 2.61. The van der Waals surface area contributed by atoms with Crippen molar-refractivity contribution >= 4 is 57.1 Å². The van der Waals surface area contributed by atoms with Crippen molar-refractivity contribution in [2.45, 2.75) is 45.7 Å². The van der Waals surface area contributed by atoms with Crippen molar-refractivity contribution in [3.63, 3.8) is 0 Å². The van der Waals surface area contributed by atoms with Crippen molar-refractivity contribution in [3.8, 4) is 0 Å². The highest BCUT2D eigenvalue weighted by molar-refractivity contribution is 8.26. The number of aryl methyl sites for hydroxylation is 1. The van der Waals surface area contributed by atoms with Gasteiger partial charge in [-0.15, -0.1) is 0 Å². The van der Waals surface area contributed by atoms with E-state index >= 15 is 0 Å². The van der Waals surface area contributed by atoms with Gasteiger partial charge in [0.1, 0.15) is 10.9 Å². The normalized spacial score (nSPS) is 17.7. The third kappa shape index (κ3) is 4.90. The van der Waals surface area contributed by atoms with Crippen LogP contribution in [0.3, 0.4) is 0 Å². The smallest absolute Gasteiger partial charge is 0.266 e. The number of hydrogen-bond acceptors (Lipinski definition) is 5. The SMILES string of the molecule is CCc1cccc2c(/C=C3\SC(=S)N(Cc4cccnc4)C3=O)cn(CC(=O)N3CCCCC3)c12. The van der Waals surface area contributed by atoms with Gasteiger partial charge in [-0.3, -0.25) is 19.5 Å². The number of aromatic nitrogens is 2. The summed E-state index contributed by atoms with van der Waals surface area (Å²) >= 11 is 6.86. The van der Waals surface area contributed by atoms with Gasteiger partial charge in [0.25, 0.3) is 5.91 Å². The molecule has 2 saturated heterocycles. The molecule has 0 spiro atoms. The first kappa shape index (κ1) is 23.8. The Balaban J connectivity index is 1.47. The second-order valence-corrected chi connectivity index (χ2v) is 10.6. The molecule has 0 radical (unpaired) electrons. The Bertz CT molecular complexity index is 1310. The van der Waals surface area contributed by atoms with E-state index in [-0.39, 0.29) is 11.8 Å². The lowest BCUT2D eigenvalue weighted by Crippen LogP contribution is -2.37. The highest BCUT2D eigenvalue weighted by atomic mass is 32.2. The Morgan fingerprint density at radius 2 is 2.00 bits per heavy atom. The van der Waals surface area contributed by atoms with Gasteiger partial charge in [-0.2, -0.15) is 0 Å². The molecule has 2 aliphatic heterocycles. The number of likely N-dealkylation sites (tertiary alicyclic amines) is 1. The monoisotopic (exact) mass is 504 g/mol. The number of rotatable bonds is 6. The Hall–Kier alpha value is -2.97. The van der Waals surface area contributed by atoms with Gasteiger partial charge in [-0.05, 0) is 49.0 Å². The molecule has 6 nitrogen and oxygen atoms in total. The molecular formula is C27H28N4O2S2. The van der Waals surface area contributed by atoms with Crippen molar-refractivity contribution in [3.05, 3.63) is 70.5 Å². The highest BCUT2D eigenvalue weighted by Gasteiger charge is 2.32. The van der Waals surface area contributed by atoms with Crippen LogP contribution in [0, 0.1) is 0 Å². The molecule has 2 amide bonds. The summed E-state index contributed by atoms with van der Waals surface area (Å²) in [7, 11) is 0. The maximum absolute atomic E-state index is 13.2. The van der Waals surface area contributed by atoms with Crippen LogP contribution in [0.25, 0.3) is 17.0 Å². The summed E-state index contributed by atoms with van der Waals surface area (Å²) in [6.07, 6.45) is 11.6. The third-order valence-electron chi connectivity index (χ3n) is 6.63. The lowest BCUT2D eigenvalue weighted by Gasteiger charge is -2.27. The van der Waals surface area contributed by atoms with Gasteiger partial charge in [0.2, 0.25) is 5.91 Å². The highest BCUT2D eigenvalue weighted by Crippen LogP contribution is 2.36. The van der Waals surface area contributed by atoms with E-state index in [1.54, 1.807) is 17.3 Å². The number of carbonyl (C=O) groups is 2. The van der Waals surface area contributed by atoms with Crippen molar-refractivity contribution in [2.75, 3.05) is 13.1 Å². The lowest BCUT2D eigenvalue weighted by atomic mass is 10.1. The fourth-order valence-electron chi connectivity index (χ4n) is 4.83. The number of benzene rings is 1. The molecule has 4 heterocycles. The van der Waals surface area contributed by atoms with E-state index in [0.717, 1.165) is 54.4 Å². The molecule has 180 valence electrons. The van der Waals surface area contributed by atoms with E-state index in [0.29, 0.717) is 22.3 Å². The molecule has 8 heteroatoms. The van der Waals surface area contributed by atoms with Crippen molar-refractivity contribution in [1.29, 1.82) is 0 Å². The summed E-state index contributed by atoms with van der Waals surface area (Å²) in [6.45, 7) is 4.52. The van der Waals surface area contributed by atoms with E-state index in [1.807, 2.05) is 35.4 Å². The van der Waals surface area contributed by atoms with Crippen molar-refractivity contribution < 1.29 is 9.59 Å². The molecule has 0 N–H and O–H groups in total. The topological polar surface area (TPSA) is 58.4 Å². The molecule has 0 aliphatic carbocycles. The fourth-order valence-corrected chi connectivity index (χ4v) is 6.08. The Labute approximate surface area is 215 Å². The predicted molar refractivity (Wildman–Crippen MR) is 145 cm³/mol. The van der Waals surface area contributed by atoms with Crippen LogP contribution in [0.15, 0.2) is 53.8 Å². The molecule has 2 aromatic heterocycles. The molecule has 0 saturated carbocycles. The van der Waals surface area contributed by atoms with Crippen LogP contribution in [0.4, 0.5) is 0 Å². The Kier molecular flexibility index (Phi) is 7.02. The van der Waals surface area contributed by atoms with Gasteiger partial charge < -0.3 is 9.47 Å². The minimum Gasteiger partial charge on any atom is -0.341 e. The number of fused-ring (bicyclic) bond motifs is 1. The number of para-hydroxylation sites is 1. The number of pyridine rings is 1. The van der Waals surface area contributed by atoms with Gasteiger partial charge in [-0.1, -0.05) is 55.2 Å². The van der Waals surface area contributed by atoms with Crippen LogP contribution in [0.5, 0.6) is 0 Å². The number of thiocarbonyl (C=S) groups is 1. The quantitative estimate of drug-likeness (QED) is 0.349. The molecule has 0 atom stereocenters. The summed E-state index contributed by atoms with van der Waals surface area (Å²) in [6, 6.07) is 10.0. The first-order chi connectivity index (χ1) is 17.0. The molecule has 2 aliphatic rings. The number of nitrogens with zero attached hydrogens (tertiary/aromatic N) is 4. The summed E-state index contributed by atoms with van der Waals surface area (Å²) in [5.74, 6) is 0.0580. The lowest BCUT2D eigenvalue weighted by molar-refractivity contribution is -0.132. The summed E-state index contributed by atoms with van der Waals surface area (Å²) in [4.78, 5) is 34.7. The zero-order valence-corrected chi connectivity index (χ0v) is 21.4. The zero-order chi connectivity index (χ0) is 24.4. The summed E-state index contributed by atoms with van der Waals surface area (Å²) in [5.41, 5.74) is 4.13. The molecule has 1 aromatic carbocycles. The average Bonchev–Trinajstić information content (AvgIpc) is 3.37. The fraction of sp³-hybridized carbons (Fsp3) is 0.333. The number of hydrogen-bond donors (Lipinski definition) is 0. The maximum atomic E-state index is 13.2. The van der Waals surface area contributed by atoms with Crippen molar-refractivity contribution in [1.82, 2.24) is 19.4 Å². The van der Waals surface area contributed by atoms with E-state index in [2.05, 4.69) is 28.6 Å². The van der Waals surface area contributed by atoms with Gasteiger partial charge in [0, 0.05) is 42.6 Å². The first-order valence-corrected chi connectivity index (χ1v) is 13.3. The van der Waals surface area contributed by atoms with Crippen molar-refractivity contribution in [2.24, 2.45) is 0 Å². The number of piperidine rings is 1. The summed E-state index contributed by atoms with van der Waals surface area (Å²) in [5, 5.41) is 1.05. The number of amides is 2. The van der Waals surface area contributed by atoms with Gasteiger partial charge in [-0.25, -0.2) is 0 Å². The number of thioether (sulfide) groups is 1. The third-order valence-corrected chi connectivity index (χ3v) is 8.01. The molecule has 0 bridgehead atoms. The van der Waals surface area contributed by atoms with E-state index in [4.69, 9.17) is 12.2 Å². The van der Waals surface area contributed by atoms with Crippen LogP contribution < -0.4 is 0 Å². The van der Waals surface area contributed by atoms with Gasteiger partial charge >= 0.3 is 0 Å². The Morgan fingerprint density at radius 3 is 2.74 bits per heavy atom. The minimum absolute atomic E-state index is 0.0965. The molecule has 5 rings (SSSR count). The van der Waals surface area contributed by atoms with Crippen LogP contribution in [-0.4, -0.2) is 48.6 Å². The molecule has 2 fully saturated rings. The zero-order valence-electron chi connectivity index (χ0n) is 19.8. The minimum atomic E-state index is -0.0965. The van der Waals surface area contributed by atoms with Crippen LogP contribution in [0.1, 0.15) is 42.9 Å². The second kappa shape index (κ2) is 10.3. The van der Waals surface area contributed by atoms with Crippen LogP contribution in [-0.2, 0) is 29.1 Å². The predicted octanol–water partition coefficient (Wildman–Crippen LogP) is 5.01. The molecular weight excluding hydrogens is 476 g/mol. The van der Waals surface area contributed by atoms with E-state index in [9.17, 15) is 9.59 Å². The molecule has 0 unspecified atom stereocenters. The van der Waals surface area contributed by atoms with Crippen LogP contribution in [0.2, 0.25) is 0 Å². The number of carbonyl (C=O) groups excluding carboxylic acids is 2. The average molecular weight is 505 g/mol. The second-order valence-electron chi connectivity index (χ2n) is 8.95. The standard InChI is InChI=1S/C27H28N4O2S2/c1-2-20-9-6-10-22-21(17-30(25(20)22)18-24(32)29-12-4-3-5-13-29)14-23-26(33)31(27(34)35-23)16-19-8-7-11-28-15-19/h6-11,14-15,17H,2-5,12-13,16,18H2,1H3/b23-14-. The molecule has 35 heavy (non-hydrogen) atoms. The van der Waals surface area contributed by atoms with Crippen LogP contribution >= 0.6 is 24.0 Å². The molecule has 3 aromatic rings. The van der Waals surface area contributed by atoms with Gasteiger partial charge in [0.05, 0.1) is 17.0 Å². The van der Waals surface area contributed by atoms with E-state index in [1.165, 1.54) is 23.7 Å². The van der Waals surface area contributed by atoms with Gasteiger partial charge in [0.15, 0.2) is 0 Å². The van der Waals surface area contributed by atoms with E-state index < -0.39 is 0 Å². The first-order valence-electron chi connectivity index (χ1n) is 12.1. The maximum Gasteiger partial charge on any atom is 0.266 e.